The first-order valence-electron chi connectivity index (χ1n) is 4.60. The second-order valence-electron chi connectivity index (χ2n) is 3.42. The molecule has 4 heteroatoms. The third-order valence-electron chi connectivity index (χ3n) is 2.43. The van der Waals surface area contributed by atoms with Crippen molar-refractivity contribution in [1.29, 1.82) is 0 Å². The van der Waals surface area contributed by atoms with Crippen molar-refractivity contribution in [2.45, 2.75) is 12.8 Å². The lowest BCUT2D eigenvalue weighted by Gasteiger charge is -2.31. The van der Waals surface area contributed by atoms with Crippen molar-refractivity contribution in [3.63, 3.8) is 0 Å². The molecular weight excluding hydrogens is 204 g/mol. The van der Waals surface area contributed by atoms with E-state index in [0.29, 0.717) is 5.92 Å². The largest absolute Gasteiger partial charge is 0.348 e. The van der Waals surface area contributed by atoms with Gasteiger partial charge in [0.15, 0.2) is 5.13 Å². The van der Waals surface area contributed by atoms with E-state index < -0.39 is 0 Å². The highest BCUT2D eigenvalue weighted by Crippen LogP contribution is 2.25. The maximum absolute atomic E-state index is 5.86. The van der Waals surface area contributed by atoms with Gasteiger partial charge in [-0.05, 0) is 18.8 Å². The Bertz CT molecular complexity index is 250. The average molecular weight is 217 g/mol. The molecule has 1 atom stereocenters. The van der Waals surface area contributed by atoms with Crippen molar-refractivity contribution in [2.75, 3.05) is 23.9 Å². The highest BCUT2D eigenvalue weighted by Gasteiger charge is 2.20. The summed E-state index contributed by atoms with van der Waals surface area (Å²) in [5, 5.41) is 3.18. The standard InChI is InChI=1S/C9H13ClN2S/c10-6-8-2-1-4-12(7-8)9-11-3-5-13-9/h3,5,8H,1-2,4,6-7H2. The van der Waals surface area contributed by atoms with Gasteiger partial charge >= 0.3 is 0 Å². The van der Waals surface area contributed by atoms with Crippen LogP contribution in [-0.4, -0.2) is 24.0 Å². The van der Waals surface area contributed by atoms with Crippen LogP contribution in [-0.2, 0) is 0 Å². The first-order valence-corrected chi connectivity index (χ1v) is 6.02. The molecule has 2 rings (SSSR count). The molecule has 0 aliphatic carbocycles. The molecule has 0 aromatic carbocycles. The van der Waals surface area contributed by atoms with E-state index in [9.17, 15) is 0 Å². The lowest BCUT2D eigenvalue weighted by molar-refractivity contribution is 0.450. The number of aromatic nitrogens is 1. The SMILES string of the molecule is ClCC1CCCN(c2nccs2)C1. The van der Waals surface area contributed by atoms with Crippen LogP contribution >= 0.6 is 22.9 Å². The van der Waals surface area contributed by atoms with Gasteiger partial charge in [-0.25, -0.2) is 4.98 Å². The van der Waals surface area contributed by atoms with Crippen LogP contribution in [0, 0.1) is 5.92 Å². The van der Waals surface area contributed by atoms with Crippen LogP contribution in [0.1, 0.15) is 12.8 Å². The summed E-state index contributed by atoms with van der Waals surface area (Å²) in [6.07, 6.45) is 4.38. The van der Waals surface area contributed by atoms with Crippen LogP contribution in [0.5, 0.6) is 0 Å². The molecule has 0 radical (unpaired) electrons. The number of piperidine rings is 1. The zero-order chi connectivity index (χ0) is 9.10. The Balaban J connectivity index is 2.00. The lowest BCUT2D eigenvalue weighted by atomic mass is 10.0. The van der Waals surface area contributed by atoms with E-state index in [2.05, 4.69) is 9.88 Å². The summed E-state index contributed by atoms with van der Waals surface area (Å²) < 4.78 is 0. The zero-order valence-electron chi connectivity index (χ0n) is 7.45. The minimum atomic E-state index is 0.652. The van der Waals surface area contributed by atoms with Gasteiger partial charge in [-0.15, -0.1) is 22.9 Å². The summed E-state index contributed by atoms with van der Waals surface area (Å²) in [6.45, 7) is 2.22. The summed E-state index contributed by atoms with van der Waals surface area (Å²) in [5.74, 6) is 1.43. The quantitative estimate of drug-likeness (QED) is 0.707. The molecule has 2 nitrogen and oxygen atoms in total. The summed E-state index contributed by atoms with van der Waals surface area (Å²) in [7, 11) is 0. The molecule has 1 unspecified atom stereocenters. The zero-order valence-corrected chi connectivity index (χ0v) is 9.02. The van der Waals surface area contributed by atoms with Gasteiger partial charge in [-0.2, -0.15) is 0 Å². The van der Waals surface area contributed by atoms with Gasteiger partial charge in [0.05, 0.1) is 0 Å². The van der Waals surface area contributed by atoms with E-state index in [1.165, 1.54) is 12.8 Å². The molecule has 0 bridgehead atoms. The molecule has 1 aromatic heterocycles. The van der Waals surface area contributed by atoms with Gasteiger partial charge in [0, 0.05) is 30.5 Å². The molecule has 1 saturated heterocycles. The molecule has 0 spiro atoms. The van der Waals surface area contributed by atoms with E-state index in [-0.39, 0.29) is 0 Å². The topological polar surface area (TPSA) is 16.1 Å². The Labute approximate surface area is 87.5 Å². The molecule has 1 fully saturated rings. The first kappa shape index (κ1) is 9.28. The fourth-order valence-electron chi connectivity index (χ4n) is 1.74. The number of thiazole rings is 1. The molecular formula is C9H13ClN2S. The van der Waals surface area contributed by atoms with Crippen LogP contribution in [0.3, 0.4) is 0 Å². The van der Waals surface area contributed by atoms with Crippen molar-refractivity contribution < 1.29 is 0 Å². The monoisotopic (exact) mass is 216 g/mol. The van der Waals surface area contributed by atoms with Gasteiger partial charge in [0.2, 0.25) is 0 Å². The third-order valence-corrected chi connectivity index (χ3v) is 3.70. The van der Waals surface area contributed by atoms with E-state index in [4.69, 9.17) is 11.6 Å². The molecule has 0 amide bonds. The normalized spacial score (nSPS) is 23.5. The lowest BCUT2D eigenvalue weighted by Crippen LogP contribution is -2.35. The van der Waals surface area contributed by atoms with Crippen LogP contribution in [0.4, 0.5) is 5.13 Å². The Morgan fingerprint density at radius 2 is 2.62 bits per heavy atom. The van der Waals surface area contributed by atoms with Gasteiger partial charge < -0.3 is 4.90 Å². The molecule has 13 heavy (non-hydrogen) atoms. The fraction of sp³-hybridized carbons (Fsp3) is 0.667. The van der Waals surface area contributed by atoms with Gasteiger partial charge in [-0.3, -0.25) is 0 Å². The van der Waals surface area contributed by atoms with Crippen LogP contribution in [0.2, 0.25) is 0 Å². The van der Waals surface area contributed by atoms with Crippen LogP contribution < -0.4 is 4.90 Å². The summed E-state index contributed by atoms with van der Waals surface area (Å²) in [4.78, 5) is 6.66. The van der Waals surface area contributed by atoms with E-state index in [0.717, 1.165) is 24.1 Å². The molecule has 1 aliphatic rings. The first-order chi connectivity index (χ1) is 6.40. The fourth-order valence-corrected chi connectivity index (χ4v) is 2.67. The predicted octanol–water partition coefficient (Wildman–Crippen LogP) is 2.60. The highest BCUT2D eigenvalue weighted by molar-refractivity contribution is 7.13. The maximum Gasteiger partial charge on any atom is 0.185 e. The second-order valence-corrected chi connectivity index (χ2v) is 4.60. The third kappa shape index (κ3) is 2.15. The number of rotatable bonds is 2. The Morgan fingerprint density at radius 1 is 1.69 bits per heavy atom. The molecule has 1 aliphatic heterocycles. The molecule has 72 valence electrons. The maximum atomic E-state index is 5.86. The number of nitrogens with zero attached hydrogens (tertiary/aromatic N) is 2. The summed E-state index contributed by atoms with van der Waals surface area (Å²) in [6, 6.07) is 0. The Hall–Kier alpha value is -0.280. The number of anilines is 1. The van der Waals surface area contributed by atoms with Crippen molar-refractivity contribution in [3.05, 3.63) is 11.6 Å². The Kier molecular flexibility index (Phi) is 3.06. The molecule has 0 N–H and O–H groups in total. The van der Waals surface area contributed by atoms with Crippen molar-refractivity contribution in [2.24, 2.45) is 5.92 Å². The number of halogens is 1. The van der Waals surface area contributed by atoms with E-state index in [1.807, 2.05) is 11.6 Å². The van der Waals surface area contributed by atoms with E-state index in [1.54, 1.807) is 11.3 Å². The Morgan fingerprint density at radius 3 is 3.31 bits per heavy atom. The number of hydrogen-bond donors (Lipinski definition) is 0. The smallest absolute Gasteiger partial charge is 0.185 e. The van der Waals surface area contributed by atoms with Crippen molar-refractivity contribution >= 4 is 28.1 Å². The summed E-state index contributed by atoms with van der Waals surface area (Å²) in [5.41, 5.74) is 0. The molecule has 2 heterocycles. The second kappa shape index (κ2) is 4.29. The van der Waals surface area contributed by atoms with Gasteiger partial charge in [0.1, 0.15) is 0 Å². The minimum absolute atomic E-state index is 0.652. The van der Waals surface area contributed by atoms with Crippen molar-refractivity contribution in [3.8, 4) is 0 Å². The molecule has 1 aromatic rings. The van der Waals surface area contributed by atoms with E-state index >= 15 is 0 Å². The van der Waals surface area contributed by atoms with Gasteiger partial charge in [-0.1, -0.05) is 0 Å². The van der Waals surface area contributed by atoms with Gasteiger partial charge in [0.25, 0.3) is 0 Å². The highest BCUT2D eigenvalue weighted by atomic mass is 35.5. The van der Waals surface area contributed by atoms with Crippen molar-refractivity contribution in [1.82, 2.24) is 4.98 Å². The number of alkyl halides is 1. The van der Waals surface area contributed by atoms with Crippen LogP contribution in [0.15, 0.2) is 11.6 Å². The number of hydrogen-bond acceptors (Lipinski definition) is 3. The predicted molar refractivity (Wildman–Crippen MR) is 57.8 cm³/mol. The summed E-state index contributed by atoms with van der Waals surface area (Å²) >= 11 is 7.58. The average Bonchev–Trinajstić information content (AvgIpc) is 2.71. The minimum Gasteiger partial charge on any atom is -0.348 e. The van der Waals surface area contributed by atoms with Crippen LogP contribution in [0.25, 0.3) is 0 Å². The molecule has 0 saturated carbocycles.